The highest BCUT2D eigenvalue weighted by molar-refractivity contribution is 7.84. The molecule has 2 aromatic carbocycles. The fourth-order valence-corrected chi connectivity index (χ4v) is 3.47. The maximum Gasteiger partial charge on any atom is 0.0645 e. The van der Waals surface area contributed by atoms with Crippen LogP contribution >= 0.6 is 0 Å². The lowest BCUT2D eigenvalue weighted by Crippen LogP contribution is -2.04. The van der Waals surface area contributed by atoms with Gasteiger partial charge < -0.3 is 0 Å². The van der Waals surface area contributed by atoms with Gasteiger partial charge >= 0.3 is 0 Å². The molecule has 1 atom stereocenters. The minimum absolute atomic E-state index is 0.603. The molecule has 0 saturated carbocycles. The minimum Gasteiger partial charge on any atom is -0.259 e. The van der Waals surface area contributed by atoms with Crippen LogP contribution < -0.4 is 0 Å². The number of nitrogens with zero attached hydrogens (tertiary/aromatic N) is 2. The predicted octanol–water partition coefficient (Wildman–Crippen LogP) is 3.36. The molecule has 112 valence electrons. The summed E-state index contributed by atoms with van der Waals surface area (Å²) in [6.07, 6.45) is 4.53. The second kappa shape index (κ2) is 7.18. The van der Waals surface area contributed by atoms with E-state index in [9.17, 15) is 4.21 Å². The molecule has 1 aromatic heterocycles. The van der Waals surface area contributed by atoms with Crippen LogP contribution in [0.25, 0.3) is 5.69 Å². The zero-order valence-electron chi connectivity index (χ0n) is 12.3. The third-order valence-electron chi connectivity index (χ3n) is 3.49. The molecular formula is C18H18N2OS. The average molecular weight is 310 g/mol. The standard InChI is InChI=1S/C18H18N2OS/c21-22(14-11-16-5-2-1-3-6-16)15-17-7-9-18(10-8-17)20-13-4-12-19-20/h1-10,12-13H,11,14-15H2/t22-/m1/s1. The SMILES string of the molecule is O=[S@](CCc1ccccc1)Cc1ccc(-n2cccn2)cc1. The Morgan fingerprint density at radius 3 is 2.36 bits per heavy atom. The van der Waals surface area contributed by atoms with Gasteiger partial charge in [-0.05, 0) is 35.7 Å². The average Bonchev–Trinajstić information content (AvgIpc) is 3.09. The van der Waals surface area contributed by atoms with E-state index in [1.165, 1.54) is 5.56 Å². The Kier molecular flexibility index (Phi) is 4.81. The lowest BCUT2D eigenvalue weighted by atomic mass is 10.2. The molecule has 0 aliphatic rings. The second-order valence-corrected chi connectivity index (χ2v) is 6.72. The summed E-state index contributed by atoms with van der Waals surface area (Å²) >= 11 is 0. The van der Waals surface area contributed by atoms with Gasteiger partial charge in [-0.15, -0.1) is 0 Å². The molecule has 4 heteroatoms. The van der Waals surface area contributed by atoms with Crippen LogP contribution in [0, 0.1) is 0 Å². The van der Waals surface area contributed by atoms with Gasteiger partial charge in [0.1, 0.15) is 0 Å². The Balaban J connectivity index is 1.55. The van der Waals surface area contributed by atoms with Crippen LogP contribution in [0.2, 0.25) is 0 Å². The van der Waals surface area contributed by atoms with Gasteiger partial charge in [0, 0.05) is 34.7 Å². The summed E-state index contributed by atoms with van der Waals surface area (Å²) in [7, 11) is -0.837. The van der Waals surface area contributed by atoms with E-state index in [-0.39, 0.29) is 0 Å². The van der Waals surface area contributed by atoms with E-state index in [0.717, 1.165) is 17.7 Å². The van der Waals surface area contributed by atoms with Gasteiger partial charge in [0.05, 0.1) is 5.69 Å². The van der Waals surface area contributed by atoms with Crippen molar-refractivity contribution < 1.29 is 4.21 Å². The van der Waals surface area contributed by atoms with Crippen LogP contribution in [0.1, 0.15) is 11.1 Å². The van der Waals surface area contributed by atoms with Gasteiger partial charge in [-0.1, -0.05) is 42.5 Å². The summed E-state index contributed by atoms with van der Waals surface area (Å²) in [4.78, 5) is 0. The molecule has 1 heterocycles. The van der Waals surface area contributed by atoms with Crippen molar-refractivity contribution in [1.82, 2.24) is 9.78 Å². The summed E-state index contributed by atoms with van der Waals surface area (Å²) in [5.74, 6) is 1.30. The van der Waals surface area contributed by atoms with Gasteiger partial charge in [0.15, 0.2) is 0 Å². The van der Waals surface area contributed by atoms with E-state index < -0.39 is 10.8 Å². The number of aromatic nitrogens is 2. The zero-order valence-corrected chi connectivity index (χ0v) is 13.1. The molecule has 0 saturated heterocycles. The van der Waals surface area contributed by atoms with Crippen LogP contribution in [0.4, 0.5) is 0 Å². The van der Waals surface area contributed by atoms with Crippen molar-refractivity contribution in [2.24, 2.45) is 0 Å². The van der Waals surface area contributed by atoms with E-state index in [2.05, 4.69) is 17.2 Å². The van der Waals surface area contributed by atoms with Crippen molar-refractivity contribution in [2.45, 2.75) is 12.2 Å². The summed E-state index contributed by atoms with van der Waals surface area (Å²) in [5.41, 5.74) is 3.36. The highest BCUT2D eigenvalue weighted by Gasteiger charge is 2.04. The van der Waals surface area contributed by atoms with Crippen LogP contribution in [0.5, 0.6) is 0 Å². The molecular weight excluding hydrogens is 292 g/mol. The Bertz CT molecular complexity index is 722. The highest BCUT2D eigenvalue weighted by atomic mass is 32.2. The van der Waals surface area contributed by atoms with Gasteiger partial charge in [0.25, 0.3) is 0 Å². The monoisotopic (exact) mass is 310 g/mol. The molecule has 3 aromatic rings. The zero-order chi connectivity index (χ0) is 15.2. The fraction of sp³-hybridized carbons (Fsp3) is 0.167. The molecule has 22 heavy (non-hydrogen) atoms. The lowest BCUT2D eigenvalue weighted by molar-refractivity contribution is 0.682. The topological polar surface area (TPSA) is 34.9 Å². The Hall–Kier alpha value is -2.20. The number of hydrogen-bond acceptors (Lipinski definition) is 2. The van der Waals surface area contributed by atoms with E-state index in [1.807, 2.05) is 59.4 Å². The molecule has 0 radical (unpaired) electrons. The van der Waals surface area contributed by atoms with Crippen LogP contribution in [0.15, 0.2) is 73.1 Å². The van der Waals surface area contributed by atoms with Crippen LogP contribution in [0.3, 0.4) is 0 Å². The third-order valence-corrected chi connectivity index (χ3v) is 4.81. The maximum absolute atomic E-state index is 12.2. The number of hydrogen-bond donors (Lipinski definition) is 0. The minimum atomic E-state index is -0.837. The lowest BCUT2D eigenvalue weighted by Gasteiger charge is -2.05. The molecule has 0 aliphatic carbocycles. The smallest absolute Gasteiger partial charge is 0.0645 e. The maximum atomic E-state index is 12.2. The molecule has 0 amide bonds. The van der Waals surface area contributed by atoms with Gasteiger partial charge in [-0.2, -0.15) is 5.10 Å². The molecule has 3 nitrogen and oxygen atoms in total. The molecule has 0 unspecified atom stereocenters. The summed E-state index contributed by atoms with van der Waals surface area (Å²) in [6, 6.07) is 20.2. The molecule has 0 aliphatic heterocycles. The number of rotatable bonds is 6. The van der Waals surface area contributed by atoms with Crippen molar-refractivity contribution in [3.05, 3.63) is 84.2 Å². The predicted molar refractivity (Wildman–Crippen MR) is 90.4 cm³/mol. The molecule has 0 bridgehead atoms. The first kappa shape index (κ1) is 14.7. The normalized spacial score (nSPS) is 12.2. The molecule has 3 rings (SSSR count). The Morgan fingerprint density at radius 2 is 1.68 bits per heavy atom. The van der Waals surface area contributed by atoms with Crippen molar-refractivity contribution >= 4 is 10.8 Å². The van der Waals surface area contributed by atoms with E-state index in [0.29, 0.717) is 11.5 Å². The molecule has 0 spiro atoms. The van der Waals surface area contributed by atoms with Crippen LogP contribution in [-0.4, -0.2) is 19.7 Å². The molecule has 0 N–H and O–H groups in total. The quantitative estimate of drug-likeness (QED) is 0.700. The van der Waals surface area contributed by atoms with E-state index in [1.54, 1.807) is 6.20 Å². The first-order chi connectivity index (χ1) is 10.8. The number of benzene rings is 2. The van der Waals surface area contributed by atoms with Gasteiger partial charge in [-0.25, -0.2) is 4.68 Å². The largest absolute Gasteiger partial charge is 0.259 e. The highest BCUT2D eigenvalue weighted by Crippen LogP contribution is 2.11. The van der Waals surface area contributed by atoms with Crippen molar-refractivity contribution in [3.63, 3.8) is 0 Å². The van der Waals surface area contributed by atoms with Crippen molar-refractivity contribution in [2.75, 3.05) is 5.75 Å². The summed E-state index contributed by atoms with van der Waals surface area (Å²) in [6.45, 7) is 0. The van der Waals surface area contributed by atoms with E-state index >= 15 is 0 Å². The summed E-state index contributed by atoms with van der Waals surface area (Å²) in [5, 5.41) is 4.20. The first-order valence-corrected chi connectivity index (χ1v) is 8.78. The van der Waals surface area contributed by atoms with Crippen LogP contribution in [-0.2, 0) is 23.0 Å². The van der Waals surface area contributed by atoms with Gasteiger partial charge in [0.2, 0.25) is 0 Å². The Labute approximate surface area is 133 Å². The van der Waals surface area contributed by atoms with E-state index in [4.69, 9.17) is 0 Å². The number of aryl methyl sites for hydroxylation is 1. The summed E-state index contributed by atoms with van der Waals surface area (Å²) < 4.78 is 14.0. The first-order valence-electron chi connectivity index (χ1n) is 7.29. The third kappa shape index (κ3) is 3.92. The van der Waals surface area contributed by atoms with Gasteiger partial charge in [-0.3, -0.25) is 4.21 Å². The molecule has 0 fully saturated rings. The fourth-order valence-electron chi connectivity index (χ4n) is 2.30. The second-order valence-electron chi connectivity index (χ2n) is 5.14. The van der Waals surface area contributed by atoms with Crippen molar-refractivity contribution in [3.8, 4) is 5.69 Å². The Morgan fingerprint density at radius 1 is 0.909 bits per heavy atom. The van der Waals surface area contributed by atoms with Crippen molar-refractivity contribution in [1.29, 1.82) is 0 Å².